The van der Waals surface area contributed by atoms with E-state index in [1.54, 1.807) is 43.3 Å². The lowest BCUT2D eigenvalue weighted by molar-refractivity contribution is -0.139. The molecule has 0 radical (unpaired) electrons. The predicted octanol–water partition coefficient (Wildman–Crippen LogP) is 3.57. The summed E-state index contributed by atoms with van der Waals surface area (Å²) in [5.41, 5.74) is 1.27. The van der Waals surface area contributed by atoms with Crippen molar-refractivity contribution in [3.63, 3.8) is 0 Å². The second-order valence-electron chi connectivity index (χ2n) is 6.50. The second kappa shape index (κ2) is 9.76. The van der Waals surface area contributed by atoms with Crippen LogP contribution in [-0.4, -0.2) is 50.5 Å². The molecule has 1 atom stereocenters. The Balaban J connectivity index is 1.73. The van der Waals surface area contributed by atoms with E-state index < -0.39 is 11.1 Å². The second-order valence-corrected chi connectivity index (χ2v) is 7.88. The minimum absolute atomic E-state index is 0.366. The highest BCUT2D eigenvalue weighted by Crippen LogP contribution is 2.29. The van der Waals surface area contributed by atoms with Gasteiger partial charge < -0.3 is 19.7 Å². The van der Waals surface area contributed by atoms with E-state index in [4.69, 9.17) is 9.47 Å². The monoisotopic (exact) mass is 418 g/mol. The molecule has 6 nitrogen and oxygen atoms in total. The van der Waals surface area contributed by atoms with Crippen molar-refractivity contribution in [2.75, 3.05) is 43.6 Å². The molecule has 1 N–H and O–H groups in total. The first-order valence-corrected chi connectivity index (χ1v) is 10.1. The van der Waals surface area contributed by atoms with Gasteiger partial charge in [-0.25, -0.2) is 4.39 Å². The van der Waals surface area contributed by atoms with Crippen molar-refractivity contribution >= 4 is 35.0 Å². The number of ether oxygens (including phenoxy) is 2. The molecule has 1 unspecified atom stereocenters. The van der Waals surface area contributed by atoms with Crippen molar-refractivity contribution in [2.24, 2.45) is 0 Å². The van der Waals surface area contributed by atoms with Gasteiger partial charge in [-0.2, -0.15) is 0 Å². The van der Waals surface area contributed by atoms with Crippen LogP contribution in [0.15, 0.2) is 47.4 Å². The number of hydrogen-bond donors (Lipinski definition) is 1. The van der Waals surface area contributed by atoms with Crippen molar-refractivity contribution in [3.05, 3.63) is 53.8 Å². The van der Waals surface area contributed by atoms with Crippen LogP contribution in [0, 0.1) is 5.82 Å². The van der Waals surface area contributed by atoms with Gasteiger partial charge in [-0.05, 0) is 37.3 Å². The maximum atomic E-state index is 14.6. The average Bonchev–Trinajstić information content (AvgIpc) is 2.74. The molecule has 1 aliphatic rings. The van der Waals surface area contributed by atoms with Gasteiger partial charge in [0.1, 0.15) is 11.1 Å². The summed E-state index contributed by atoms with van der Waals surface area (Å²) in [7, 11) is 1.33. The van der Waals surface area contributed by atoms with Gasteiger partial charge in [-0.3, -0.25) is 9.59 Å². The van der Waals surface area contributed by atoms with Crippen molar-refractivity contribution in [2.45, 2.75) is 17.1 Å². The summed E-state index contributed by atoms with van der Waals surface area (Å²) in [4.78, 5) is 27.0. The van der Waals surface area contributed by atoms with Crippen LogP contribution in [-0.2, 0) is 14.3 Å². The number of carbonyl (C=O) groups excluding carboxylic acids is 2. The number of benzene rings is 2. The van der Waals surface area contributed by atoms with Crippen molar-refractivity contribution < 1.29 is 23.5 Å². The SMILES string of the molecule is COC(=O)C(C)Sc1ccccc1C(=O)Nc1ccc(N2CCOCC2)c(F)c1. The average molecular weight is 418 g/mol. The van der Waals surface area contributed by atoms with Gasteiger partial charge in [0, 0.05) is 23.7 Å². The Morgan fingerprint density at radius 3 is 2.62 bits per heavy atom. The summed E-state index contributed by atoms with van der Waals surface area (Å²) < 4.78 is 24.6. The van der Waals surface area contributed by atoms with Crippen LogP contribution in [0.5, 0.6) is 0 Å². The van der Waals surface area contributed by atoms with Crippen LogP contribution < -0.4 is 10.2 Å². The van der Waals surface area contributed by atoms with E-state index in [1.165, 1.54) is 24.9 Å². The molecule has 2 aromatic rings. The molecule has 0 aliphatic carbocycles. The third-order valence-electron chi connectivity index (χ3n) is 4.53. The summed E-state index contributed by atoms with van der Waals surface area (Å²) in [5, 5.41) is 2.28. The molecule has 8 heteroatoms. The zero-order valence-electron chi connectivity index (χ0n) is 16.3. The summed E-state index contributed by atoms with van der Waals surface area (Å²) in [6.07, 6.45) is 0. The largest absolute Gasteiger partial charge is 0.468 e. The number of nitrogens with zero attached hydrogens (tertiary/aromatic N) is 1. The van der Waals surface area contributed by atoms with E-state index in [2.05, 4.69) is 5.32 Å². The van der Waals surface area contributed by atoms with E-state index in [1.807, 2.05) is 4.90 Å². The normalized spacial score (nSPS) is 14.9. The number of carbonyl (C=O) groups is 2. The van der Waals surface area contributed by atoms with E-state index in [-0.39, 0.29) is 11.9 Å². The van der Waals surface area contributed by atoms with Crippen LogP contribution in [0.4, 0.5) is 15.8 Å². The minimum Gasteiger partial charge on any atom is -0.468 e. The molecule has 0 spiro atoms. The minimum atomic E-state index is -0.459. The fraction of sp³-hybridized carbons (Fsp3) is 0.333. The number of thioether (sulfide) groups is 1. The lowest BCUT2D eigenvalue weighted by atomic mass is 10.2. The molecular weight excluding hydrogens is 395 g/mol. The zero-order valence-corrected chi connectivity index (χ0v) is 17.1. The highest BCUT2D eigenvalue weighted by Gasteiger charge is 2.20. The smallest absolute Gasteiger partial charge is 0.318 e. The molecule has 1 aliphatic heterocycles. The van der Waals surface area contributed by atoms with Gasteiger partial charge in [-0.1, -0.05) is 12.1 Å². The number of anilines is 2. The standard InChI is InChI=1S/C21H23FN2O4S/c1-14(21(26)27-2)29-19-6-4-3-5-16(19)20(25)23-15-7-8-18(17(22)13-15)24-9-11-28-12-10-24/h3-8,13-14H,9-12H2,1-2H3,(H,23,25). The third kappa shape index (κ3) is 5.27. The Labute approximate surface area is 173 Å². The van der Waals surface area contributed by atoms with Gasteiger partial charge in [0.2, 0.25) is 0 Å². The molecule has 0 saturated carbocycles. The van der Waals surface area contributed by atoms with Gasteiger partial charge in [-0.15, -0.1) is 11.8 Å². The first-order chi connectivity index (χ1) is 14.0. The molecule has 0 bridgehead atoms. The summed E-state index contributed by atoms with van der Waals surface area (Å²) >= 11 is 1.24. The molecule has 1 saturated heterocycles. The number of halogens is 1. The van der Waals surface area contributed by atoms with E-state index in [9.17, 15) is 14.0 Å². The van der Waals surface area contributed by atoms with E-state index in [0.717, 1.165) is 0 Å². The number of esters is 1. The summed E-state index contributed by atoms with van der Waals surface area (Å²) in [6, 6.07) is 11.6. The molecule has 1 heterocycles. The number of methoxy groups -OCH3 is 1. The molecule has 29 heavy (non-hydrogen) atoms. The lowest BCUT2D eigenvalue weighted by Gasteiger charge is -2.29. The van der Waals surface area contributed by atoms with Gasteiger partial charge in [0.05, 0.1) is 31.6 Å². The fourth-order valence-corrected chi connectivity index (χ4v) is 4.02. The highest BCUT2D eigenvalue weighted by molar-refractivity contribution is 8.00. The molecule has 2 aromatic carbocycles. The third-order valence-corrected chi connectivity index (χ3v) is 5.68. The van der Waals surface area contributed by atoms with Gasteiger partial charge in [0.25, 0.3) is 5.91 Å². The van der Waals surface area contributed by atoms with Gasteiger partial charge >= 0.3 is 5.97 Å². The van der Waals surface area contributed by atoms with Crippen LogP contribution in [0.1, 0.15) is 17.3 Å². The number of amides is 1. The van der Waals surface area contributed by atoms with E-state index in [0.29, 0.717) is 48.1 Å². The summed E-state index contributed by atoms with van der Waals surface area (Å²) in [6.45, 7) is 4.11. The molecule has 1 fully saturated rings. The zero-order chi connectivity index (χ0) is 20.8. The number of nitrogens with one attached hydrogen (secondary N) is 1. The molecular formula is C21H23FN2O4S. The Kier molecular flexibility index (Phi) is 7.11. The molecule has 0 aromatic heterocycles. The first kappa shape index (κ1) is 21.1. The van der Waals surface area contributed by atoms with Crippen LogP contribution in [0.2, 0.25) is 0 Å². The summed E-state index contributed by atoms with van der Waals surface area (Å²) in [5.74, 6) is -1.14. The highest BCUT2D eigenvalue weighted by atomic mass is 32.2. The molecule has 3 rings (SSSR count). The Bertz CT molecular complexity index is 887. The number of morpholine rings is 1. The quantitative estimate of drug-likeness (QED) is 0.572. The lowest BCUT2D eigenvalue weighted by Crippen LogP contribution is -2.36. The Morgan fingerprint density at radius 2 is 1.93 bits per heavy atom. The topological polar surface area (TPSA) is 67.9 Å². The van der Waals surface area contributed by atoms with Crippen LogP contribution in [0.3, 0.4) is 0 Å². The predicted molar refractivity (Wildman–Crippen MR) is 111 cm³/mol. The van der Waals surface area contributed by atoms with E-state index >= 15 is 0 Å². The van der Waals surface area contributed by atoms with Crippen LogP contribution >= 0.6 is 11.8 Å². The van der Waals surface area contributed by atoms with Crippen molar-refractivity contribution in [1.29, 1.82) is 0 Å². The van der Waals surface area contributed by atoms with Crippen LogP contribution in [0.25, 0.3) is 0 Å². The fourth-order valence-electron chi connectivity index (χ4n) is 3.01. The Morgan fingerprint density at radius 1 is 1.21 bits per heavy atom. The number of hydrogen-bond acceptors (Lipinski definition) is 6. The maximum absolute atomic E-state index is 14.6. The Hall–Kier alpha value is -2.58. The molecule has 1 amide bonds. The van der Waals surface area contributed by atoms with Crippen molar-refractivity contribution in [3.8, 4) is 0 Å². The number of rotatable bonds is 6. The first-order valence-electron chi connectivity index (χ1n) is 9.26. The van der Waals surface area contributed by atoms with Crippen molar-refractivity contribution in [1.82, 2.24) is 0 Å². The maximum Gasteiger partial charge on any atom is 0.318 e. The molecule has 154 valence electrons. The van der Waals surface area contributed by atoms with Gasteiger partial charge in [0.15, 0.2) is 0 Å².